The Morgan fingerprint density at radius 1 is 1.08 bits per heavy atom. The van der Waals surface area contributed by atoms with E-state index in [9.17, 15) is 24.9 Å². The van der Waals surface area contributed by atoms with Crippen LogP contribution in [-0.2, 0) is 14.3 Å². The average Bonchev–Trinajstić information content (AvgIpc) is 2.56. The maximum Gasteiger partial charge on any atom is 0.338 e. The highest BCUT2D eigenvalue weighted by atomic mass is 16.7. The minimum absolute atomic E-state index is 0.167. The maximum absolute atomic E-state index is 11.5. The molecule has 0 spiro atoms. The van der Waals surface area contributed by atoms with Gasteiger partial charge in [0.1, 0.15) is 24.1 Å². The van der Waals surface area contributed by atoms with Crippen LogP contribution < -0.4 is 4.74 Å². The molecule has 0 radical (unpaired) electrons. The number of esters is 1. The molecule has 9 heteroatoms. The van der Waals surface area contributed by atoms with E-state index in [0.29, 0.717) is 0 Å². The Kier molecular flexibility index (Phi) is 5.73. The van der Waals surface area contributed by atoms with Crippen LogP contribution >= 0.6 is 0 Å². The molecule has 1 aliphatic rings. The van der Waals surface area contributed by atoms with E-state index in [-0.39, 0.29) is 17.9 Å². The molecule has 132 valence electrons. The maximum atomic E-state index is 11.5. The van der Waals surface area contributed by atoms with E-state index in [4.69, 9.17) is 19.3 Å². The fourth-order valence-electron chi connectivity index (χ4n) is 2.17. The quantitative estimate of drug-likeness (QED) is 0.502. The minimum atomic E-state index is -1.79. The summed E-state index contributed by atoms with van der Waals surface area (Å²) in [7, 11) is 0. The molecule has 1 unspecified atom stereocenters. The molecular formula is C15H18O9. The lowest BCUT2D eigenvalue weighted by atomic mass is 9.99. The molecule has 1 aliphatic heterocycles. The Balaban J connectivity index is 2.09. The monoisotopic (exact) mass is 342 g/mol. The van der Waals surface area contributed by atoms with E-state index < -0.39 is 42.6 Å². The highest BCUT2D eigenvalue weighted by molar-refractivity contribution is 5.89. The van der Waals surface area contributed by atoms with Crippen molar-refractivity contribution < 1.29 is 44.2 Å². The first-order valence-electron chi connectivity index (χ1n) is 7.21. The van der Waals surface area contributed by atoms with Gasteiger partial charge in [0.15, 0.2) is 6.10 Å². The van der Waals surface area contributed by atoms with Gasteiger partial charge in [0, 0.05) is 0 Å². The van der Waals surface area contributed by atoms with Crippen LogP contribution in [0, 0.1) is 0 Å². The van der Waals surface area contributed by atoms with E-state index in [1.165, 1.54) is 24.3 Å². The number of aliphatic hydroxyl groups is 3. The van der Waals surface area contributed by atoms with E-state index in [0.717, 1.165) is 0 Å². The summed E-state index contributed by atoms with van der Waals surface area (Å²) in [5.74, 6) is -1.85. The molecule has 2 rings (SSSR count). The van der Waals surface area contributed by atoms with E-state index in [1.807, 2.05) is 0 Å². The molecule has 5 atom stereocenters. The van der Waals surface area contributed by atoms with Gasteiger partial charge >= 0.3 is 11.9 Å². The van der Waals surface area contributed by atoms with Gasteiger partial charge in [0.25, 0.3) is 0 Å². The largest absolute Gasteiger partial charge is 0.479 e. The van der Waals surface area contributed by atoms with Crippen molar-refractivity contribution >= 4 is 11.9 Å². The Hall–Kier alpha value is -2.20. The van der Waals surface area contributed by atoms with Gasteiger partial charge in [0.05, 0.1) is 12.2 Å². The zero-order valence-electron chi connectivity index (χ0n) is 12.7. The summed E-state index contributed by atoms with van der Waals surface area (Å²) in [6.07, 6.45) is -8.43. The van der Waals surface area contributed by atoms with Crippen molar-refractivity contribution in [3.05, 3.63) is 29.8 Å². The molecule has 1 aromatic carbocycles. The average molecular weight is 342 g/mol. The predicted octanol–water partition coefficient (Wildman–Crippen LogP) is -0.866. The molecule has 4 N–H and O–H groups in total. The van der Waals surface area contributed by atoms with Gasteiger partial charge in [-0.05, 0) is 31.2 Å². The molecule has 1 aromatic rings. The lowest BCUT2D eigenvalue weighted by Gasteiger charge is -2.38. The number of aliphatic carboxylic acids is 1. The topological polar surface area (TPSA) is 143 Å². The first kappa shape index (κ1) is 18.1. The Labute approximate surface area is 137 Å². The number of carboxylic acid groups (broad SMARTS) is 1. The van der Waals surface area contributed by atoms with Crippen molar-refractivity contribution in [1.82, 2.24) is 0 Å². The summed E-state index contributed by atoms with van der Waals surface area (Å²) in [4.78, 5) is 22.6. The lowest BCUT2D eigenvalue weighted by Crippen LogP contribution is -2.61. The molecule has 9 nitrogen and oxygen atoms in total. The third-order valence-corrected chi connectivity index (χ3v) is 3.43. The highest BCUT2D eigenvalue weighted by Crippen LogP contribution is 2.24. The third-order valence-electron chi connectivity index (χ3n) is 3.43. The van der Waals surface area contributed by atoms with Gasteiger partial charge in [-0.1, -0.05) is 0 Å². The van der Waals surface area contributed by atoms with Crippen molar-refractivity contribution in [3.8, 4) is 5.75 Å². The third kappa shape index (κ3) is 3.82. The van der Waals surface area contributed by atoms with Gasteiger partial charge in [-0.25, -0.2) is 9.59 Å². The first-order valence-corrected chi connectivity index (χ1v) is 7.21. The van der Waals surface area contributed by atoms with Crippen molar-refractivity contribution in [2.24, 2.45) is 0 Å². The molecule has 0 bridgehead atoms. The summed E-state index contributed by atoms with van der Waals surface area (Å²) in [6.45, 7) is 1.91. The lowest BCUT2D eigenvalue weighted by molar-refractivity contribution is -0.271. The number of benzene rings is 1. The Morgan fingerprint density at radius 3 is 2.25 bits per heavy atom. The predicted molar refractivity (Wildman–Crippen MR) is 77.3 cm³/mol. The van der Waals surface area contributed by atoms with E-state index in [2.05, 4.69) is 0 Å². The zero-order valence-corrected chi connectivity index (χ0v) is 12.7. The second kappa shape index (κ2) is 7.58. The summed E-state index contributed by atoms with van der Waals surface area (Å²) in [6, 6.07) is 5.63. The first-order chi connectivity index (χ1) is 11.3. The zero-order chi connectivity index (χ0) is 17.9. The number of hydrogen-bond acceptors (Lipinski definition) is 8. The van der Waals surface area contributed by atoms with Gasteiger partial charge in [-0.15, -0.1) is 0 Å². The molecule has 0 aromatic heterocycles. The summed E-state index contributed by atoms with van der Waals surface area (Å²) in [5.41, 5.74) is 0.285. The van der Waals surface area contributed by atoms with Gasteiger partial charge in [-0.2, -0.15) is 0 Å². The smallest absolute Gasteiger partial charge is 0.338 e. The number of rotatable bonds is 5. The molecule has 24 heavy (non-hydrogen) atoms. The highest BCUT2D eigenvalue weighted by Gasteiger charge is 2.48. The van der Waals surface area contributed by atoms with Crippen LogP contribution in [0.25, 0.3) is 0 Å². The van der Waals surface area contributed by atoms with E-state index in [1.54, 1.807) is 6.92 Å². The molecule has 0 amide bonds. The number of aliphatic hydroxyl groups excluding tert-OH is 3. The molecular weight excluding hydrogens is 324 g/mol. The van der Waals surface area contributed by atoms with Gasteiger partial charge < -0.3 is 34.6 Å². The number of ether oxygens (including phenoxy) is 3. The van der Waals surface area contributed by atoms with Crippen LogP contribution in [0.2, 0.25) is 0 Å². The van der Waals surface area contributed by atoms with Crippen LogP contribution in [-0.4, -0.2) is 69.7 Å². The van der Waals surface area contributed by atoms with Crippen LogP contribution in [0.4, 0.5) is 0 Å². The minimum Gasteiger partial charge on any atom is -0.479 e. The summed E-state index contributed by atoms with van der Waals surface area (Å²) in [5, 5.41) is 38.1. The van der Waals surface area contributed by atoms with Crippen LogP contribution in [0.5, 0.6) is 5.75 Å². The number of hydrogen-bond donors (Lipinski definition) is 4. The van der Waals surface area contributed by atoms with Gasteiger partial charge in [-0.3, -0.25) is 0 Å². The molecule has 1 fully saturated rings. The van der Waals surface area contributed by atoms with E-state index >= 15 is 0 Å². The molecule has 1 heterocycles. The summed E-state index contributed by atoms with van der Waals surface area (Å²) >= 11 is 0. The van der Waals surface area contributed by atoms with Crippen molar-refractivity contribution in [2.45, 2.75) is 37.6 Å². The van der Waals surface area contributed by atoms with Crippen molar-refractivity contribution in [2.75, 3.05) is 6.61 Å². The van der Waals surface area contributed by atoms with Crippen LogP contribution in [0.15, 0.2) is 24.3 Å². The number of carboxylic acids is 1. The second-order valence-corrected chi connectivity index (χ2v) is 5.10. The molecule has 0 saturated carbocycles. The second-order valence-electron chi connectivity index (χ2n) is 5.10. The van der Waals surface area contributed by atoms with Crippen molar-refractivity contribution in [3.63, 3.8) is 0 Å². The normalized spacial score (nSPS) is 29.8. The molecule has 1 saturated heterocycles. The standard InChI is InChI=1S/C15H18O9/c1-2-22-14(21)7-3-5-8(6-4-7)23-15-11(18)9(16)10(17)12(24-15)13(19)20/h3-6,9-12,15-18H,2H2,1H3,(H,19,20)/t9-,10-,11+,12-,15?/m0/s1. The molecule has 0 aliphatic carbocycles. The van der Waals surface area contributed by atoms with Gasteiger partial charge in [0.2, 0.25) is 6.29 Å². The Bertz CT molecular complexity index is 585. The fourth-order valence-corrected chi connectivity index (χ4v) is 2.17. The SMILES string of the molecule is CCOC(=O)c1ccc(OC2O[C@H](C(=O)O)[C@@H](O)[C@H](O)[C@H]2O)cc1. The number of carbonyl (C=O) groups is 2. The summed E-state index contributed by atoms with van der Waals surface area (Å²) < 4.78 is 15.1. The van der Waals surface area contributed by atoms with Crippen LogP contribution in [0.1, 0.15) is 17.3 Å². The van der Waals surface area contributed by atoms with Crippen molar-refractivity contribution in [1.29, 1.82) is 0 Å². The number of carbonyl (C=O) groups excluding carboxylic acids is 1. The van der Waals surface area contributed by atoms with Crippen LogP contribution in [0.3, 0.4) is 0 Å². The fraction of sp³-hybridized carbons (Fsp3) is 0.467. The Morgan fingerprint density at radius 2 is 1.71 bits per heavy atom.